The molecule has 0 spiro atoms. The molecular formula is C16H23NO2. The van der Waals surface area contributed by atoms with E-state index in [9.17, 15) is 4.79 Å². The molecule has 0 bridgehead atoms. The molecule has 0 amide bonds. The van der Waals surface area contributed by atoms with Gasteiger partial charge in [-0.3, -0.25) is 9.69 Å². The zero-order valence-corrected chi connectivity index (χ0v) is 12.0. The van der Waals surface area contributed by atoms with Crippen molar-refractivity contribution in [1.82, 2.24) is 4.90 Å². The lowest BCUT2D eigenvalue weighted by molar-refractivity contribution is -0.138. The third kappa shape index (κ3) is 3.35. The molecule has 104 valence electrons. The van der Waals surface area contributed by atoms with Crippen molar-refractivity contribution in [1.29, 1.82) is 0 Å². The fourth-order valence-corrected chi connectivity index (χ4v) is 2.69. The predicted octanol–water partition coefficient (Wildman–Crippen LogP) is 2.96. The Balaban J connectivity index is 1.98. The number of hydrogen-bond acceptors (Lipinski definition) is 2. The molecule has 3 heteroatoms. The fraction of sp³-hybridized carbons (Fsp3) is 0.562. The fourth-order valence-electron chi connectivity index (χ4n) is 2.69. The number of likely N-dealkylation sites (tertiary alicyclic amines) is 1. The molecule has 2 rings (SSSR count). The molecule has 0 saturated carbocycles. The molecule has 1 aliphatic rings. The van der Waals surface area contributed by atoms with Crippen LogP contribution in [-0.4, -0.2) is 29.1 Å². The van der Waals surface area contributed by atoms with Crippen LogP contribution in [0, 0.1) is 11.8 Å². The van der Waals surface area contributed by atoms with Crippen LogP contribution in [0.1, 0.15) is 37.8 Å². The van der Waals surface area contributed by atoms with Gasteiger partial charge in [-0.25, -0.2) is 0 Å². The molecule has 3 nitrogen and oxygen atoms in total. The van der Waals surface area contributed by atoms with Crippen LogP contribution in [0.3, 0.4) is 0 Å². The molecule has 1 aromatic carbocycles. The molecule has 19 heavy (non-hydrogen) atoms. The lowest BCUT2D eigenvalue weighted by Crippen LogP contribution is -2.20. The van der Waals surface area contributed by atoms with E-state index in [1.54, 1.807) is 6.92 Å². The maximum Gasteiger partial charge on any atom is 0.310 e. The van der Waals surface area contributed by atoms with Gasteiger partial charge in [-0.05, 0) is 29.9 Å². The van der Waals surface area contributed by atoms with E-state index in [0.29, 0.717) is 0 Å². The van der Waals surface area contributed by atoms with Crippen LogP contribution in [0.4, 0.5) is 0 Å². The summed E-state index contributed by atoms with van der Waals surface area (Å²) in [5.74, 6) is 0.341. The van der Waals surface area contributed by atoms with Crippen molar-refractivity contribution in [3.63, 3.8) is 0 Å². The minimum atomic E-state index is -0.769. The van der Waals surface area contributed by atoms with E-state index in [1.165, 1.54) is 5.56 Å². The first-order valence-corrected chi connectivity index (χ1v) is 7.01. The standard InChI is InChI=1S/C16H23NO2/c1-11-8-17(9-12(11)2)10-14-4-6-15(7-5-14)13(3)16(18)19/h4-7,11-13H,8-10H2,1-3H3,(H,18,19). The summed E-state index contributed by atoms with van der Waals surface area (Å²) in [5, 5.41) is 8.98. The summed E-state index contributed by atoms with van der Waals surface area (Å²) in [6.07, 6.45) is 0. The van der Waals surface area contributed by atoms with Gasteiger partial charge < -0.3 is 5.11 Å². The topological polar surface area (TPSA) is 40.5 Å². The molecule has 0 radical (unpaired) electrons. The van der Waals surface area contributed by atoms with Crippen molar-refractivity contribution < 1.29 is 9.90 Å². The van der Waals surface area contributed by atoms with Gasteiger partial charge in [-0.15, -0.1) is 0 Å². The van der Waals surface area contributed by atoms with Crippen molar-refractivity contribution in [3.8, 4) is 0 Å². The Morgan fingerprint density at radius 2 is 1.79 bits per heavy atom. The number of carboxylic acid groups (broad SMARTS) is 1. The van der Waals surface area contributed by atoms with Crippen LogP contribution >= 0.6 is 0 Å². The van der Waals surface area contributed by atoms with Crippen LogP contribution in [0.5, 0.6) is 0 Å². The minimum Gasteiger partial charge on any atom is -0.481 e. The number of aliphatic carboxylic acids is 1. The molecule has 3 unspecified atom stereocenters. The Kier molecular flexibility index (Phi) is 4.25. The van der Waals surface area contributed by atoms with Crippen LogP contribution in [0.25, 0.3) is 0 Å². The van der Waals surface area contributed by atoms with Crippen LogP contribution in [-0.2, 0) is 11.3 Å². The molecule has 1 fully saturated rings. The van der Waals surface area contributed by atoms with E-state index in [-0.39, 0.29) is 0 Å². The smallest absolute Gasteiger partial charge is 0.310 e. The quantitative estimate of drug-likeness (QED) is 0.906. The highest BCUT2D eigenvalue weighted by Crippen LogP contribution is 2.24. The highest BCUT2D eigenvalue weighted by Gasteiger charge is 2.25. The van der Waals surface area contributed by atoms with Gasteiger partial charge in [-0.1, -0.05) is 38.1 Å². The summed E-state index contributed by atoms with van der Waals surface area (Å²) in [5.41, 5.74) is 2.14. The van der Waals surface area contributed by atoms with E-state index in [2.05, 4.69) is 30.9 Å². The molecule has 1 aromatic rings. The first kappa shape index (κ1) is 14.1. The highest BCUT2D eigenvalue weighted by molar-refractivity contribution is 5.75. The lowest BCUT2D eigenvalue weighted by Gasteiger charge is -2.16. The third-order valence-electron chi connectivity index (χ3n) is 4.32. The van der Waals surface area contributed by atoms with E-state index in [1.807, 2.05) is 12.1 Å². The average molecular weight is 261 g/mol. The SMILES string of the molecule is CC(C(=O)O)c1ccc(CN2CC(C)C(C)C2)cc1. The monoisotopic (exact) mass is 261 g/mol. The molecule has 0 aliphatic carbocycles. The van der Waals surface area contributed by atoms with Gasteiger partial charge >= 0.3 is 5.97 Å². The zero-order chi connectivity index (χ0) is 14.0. The van der Waals surface area contributed by atoms with Gasteiger partial charge in [0.05, 0.1) is 5.92 Å². The lowest BCUT2D eigenvalue weighted by atomic mass is 10.00. The first-order valence-electron chi connectivity index (χ1n) is 7.01. The number of nitrogens with zero attached hydrogens (tertiary/aromatic N) is 1. The second-order valence-electron chi connectivity index (χ2n) is 5.95. The van der Waals surface area contributed by atoms with Crippen molar-refractivity contribution >= 4 is 5.97 Å². The Morgan fingerprint density at radius 3 is 2.26 bits per heavy atom. The van der Waals surface area contributed by atoms with Crippen LogP contribution in [0.2, 0.25) is 0 Å². The van der Waals surface area contributed by atoms with Crippen LogP contribution < -0.4 is 0 Å². The number of hydrogen-bond donors (Lipinski definition) is 1. The van der Waals surface area contributed by atoms with Gasteiger partial charge in [0, 0.05) is 19.6 Å². The Labute approximate surface area is 115 Å². The molecule has 0 aromatic heterocycles. The average Bonchev–Trinajstić information content (AvgIpc) is 2.68. The summed E-state index contributed by atoms with van der Waals surface area (Å²) in [6, 6.07) is 8.00. The second-order valence-corrected chi connectivity index (χ2v) is 5.95. The number of carboxylic acids is 1. The van der Waals surface area contributed by atoms with E-state index < -0.39 is 11.9 Å². The van der Waals surface area contributed by atoms with Gasteiger partial charge in [0.25, 0.3) is 0 Å². The summed E-state index contributed by atoms with van der Waals surface area (Å²) in [7, 11) is 0. The molecule has 1 heterocycles. The Hall–Kier alpha value is -1.35. The molecule has 3 atom stereocenters. The molecule has 1 N–H and O–H groups in total. The molecule has 1 aliphatic heterocycles. The van der Waals surface area contributed by atoms with Crippen LogP contribution in [0.15, 0.2) is 24.3 Å². The highest BCUT2D eigenvalue weighted by atomic mass is 16.4. The van der Waals surface area contributed by atoms with Crippen molar-refractivity contribution in [2.24, 2.45) is 11.8 Å². The Bertz CT molecular complexity index is 431. The van der Waals surface area contributed by atoms with Gasteiger partial charge in [0.2, 0.25) is 0 Å². The normalized spacial score (nSPS) is 25.4. The van der Waals surface area contributed by atoms with Crippen molar-refractivity contribution in [2.75, 3.05) is 13.1 Å². The van der Waals surface area contributed by atoms with E-state index in [4.69, 9.17) is 5.11 Å². The first-order chi connectivity index (χ1) is 8.97. The summed E-state index contributed by atoms with van der Waals surface area (Å²) in [6.45, 7) is 9.63. The zero-order valence-electron chi connectivity index (χ0n) is 12.0. The number of carbonyl (C=O) groups is 1. The third-order valence-corrected chi connectivity index (χ3v) is 4.32. The van der Waals surface area contributed by atoms with Gasteiger partial charge in [0.1, 0.15) is 0 Å². The minimum absolute atomic E-state index is 0.430. The molecular weight excluding hydrogens is 238 g/mol. The number of rotatable bonds is 4. The van der Waals surface area contributed by atoms with E-state index in [0.717, 1.165) is 37.0 Å². The van der Waals surface area contributed by atoms with Crippen molar-refractivity contribution in [3.05, 3.63) is 35.4 Å². The predicted molar refractivity (Wildman–Crippen MR) is 76.1 cm³/mol. The Morgan fingerprint density at radius 1 is 1.26 bits per heavy atom. The van der Waals surface area contributed by atoms with Crippen molar-refractivity contribution in [2.45, 2.75) is 33.2 Å². The summed E-state index contributed by atoms with van der Waals surface area (Å²) >= 11 is 0. The van der Waals surface area contributed by atoms with Gasteiger partial charge in [-0.2, -0.15) is 0 Å². The summed E-state index contributed by atoms with van der Waals surface area (Å²) < 4.78 is 0. The maximum absolute atomic E-state index is 10.9. The van der Waals surface area contributed by atoms with Gasteiger partial charge in [0.15, 0.2) is 0 Å². The number of benzene rings is 1. The summed E-state index contributed by atoms with van der Waals surface area (Å²) in [4.78, 5) is 13.4. The largest absolute Gasteiger partial charge is 0.481 e. The second kappa shape index (κ2) is 5.74. The van der Waals surface area contributed by atoms with E-state index >= 15 is 0 Å². The maximum atomic E-state index is 10.9. The molecule has 1 saturated heterocycles.